The average Bonchev–Trinajstić information content (AvgIpc) is 3.06. The Hall–Kier alpha value is -2.00. The highest BCUT2D eigenvalue weighted by atomic mass is 32.1. The zero-order valence-corrected chi connectivity index (χ0v) is 13.9. The summed E-state index contributed by atoms with van der Waals surface area (Å²) in [5.41, 5.74) is 5.90. The van der Waals surface area contributed by atoms with Crippen LogP contribution in [0.4, 0.5) is 0 Å². The largest absolute Gasteiger partial charge is 0.261 e. The summed E-state index contributed by atoms with van der Waals surface area (Å²) >= 11 is 1.70. The Morgan fingerprint density at radius 2 is 1.82 bits per heavy atom. The van der Waals surface area contributed by atoms with Gasteiger partial charge in [-0.25, -0.2) is 4.98 Å². The van der Waals surface area contributed by atoms with Crippen LogP contribution in [0.3, 0.4) is 0 Å². The Kier molecular flexibility index (Phi) is 4.64. The first-order valence-corrected chi connectivity index (χ1v) is 8.68. The van der Waals surface area contributed by atoms with E-state index in [9.17, 15) is 0 Å². The molecule has 0 aliphatic heterocycles. The van der Waals surface area contributed by atoms with Gasteiger partial charge < -0.3 is 0 Å². The van der Waals surface area contributed by atoms with Crippen LogP contribution in [0, 0.1) is 0 Å². The molecule has 0 N–H and O–H groups in total. The quantitative estimate of drug-likeness (QED) is 0.632. The number of aromatic nitrogens is 2. The first kappa shape index (κ1) is 14.9. The van der Waals surface area contributed by atoms with Crippen LogP contribution in [0.1, 0.15) is 31.5 Å². The van der Waals surface area contributed by atoms with Crippen LogP contribution in [0.2, 0.25) is 0 Å². The van der Waals surface area contributed by atoms with Gasteiger partial charge in [0.2, 0.25) is 0 Å². The average molecular weight is 308 g/mol. The molecule has 0 saturated heterocycles. The van der Waals surface area contributed by atoms with Crippen molar-refractivity contribution >= 4 is 11.3 Å². The van der Waals surface area contributed by atoms with Gasteiger partial charge in [0.1, 0.15) is 5.01 Å². The molecule has 0 fully saturated rings. The Morgan fingerprint density at radius 3 is 2.55 bits per heavy atom. The molecule has 1 aromatic carbocycles. The van der Waals surface area contributed by atoms with Crippen molar-refractivity contribution in [2.75, 3.05) is 0 Å². The van der Waals surface area contributed by atoms with Crippen molar-refractivity contribution in [2.45, 2.75) is 33.1 Å². The van der Waals surface area contributed by atoms with Crippen molar-refractivity contribution in [3.8, 4) is 21.8 Å². The first-order valence-electron chi connectivity index (χ1n) is 7.80. The maximum Gasteiger partial charge on any atom is 0.124 e. The fourth-order valence-electron chi connectivity index (χ4n) is 2.45. The zero-order chi connectivity index (χ0) is 15.4. The topological polar surface area (TPSA) is 25.8 Å². The number of thiazole rings is 1. The van der Waals surface area contributed by atoms with Gasteiger partial charge in [0.15, 0.2) is 0 Å². The van der Waals surface area contributed by atoms with E-state index in [1.54, 1.807) is 11.3 Å². The molecule has 3 rings (SSSR count). The molecule has 22 heavy (non-hydrogen) atoms. The second kappa shape index (κ2) is 6.84. The first-order chi connectivity index (χ1) is 10.8. The van der Waals surface area contributed by atoms with Crippen LogP contribution in [0.15, 0.2) is 48.0 Å². The zero-order valence-electron chi connectivity index (χ0n) is 13.0. The lowest BCUT2D eigenvalue weighted by molar-refractivity contribution is 0.883. The predicted molar refractivity (Wildman–Crippen MR) is 94.2 cm³/mol. The molecule has 3 aromatic rings. The van der Waals surface area contributed by atoms with E-state index in [1.165, 1.54) is 16.7 Å². The lowest BCUT2D eigenvalue weighted by Crippen LogP contribution is -1.89. The monoisotopic (exact) mass is 308 g/mol. The third-order valence-electron chi connectivity index (χ3n) is 3.73. The molecule has 112 valence electrons. The van der Waals surface area contributed by atoms with Crippen LogP contribution in [0.25, 0.3) is 21.8 Å². The molecule has 0 spiro atoms. The number of rotatable bonds is 5. The standard InChI is InChI=1S/C19H20N2S/c1-3-5-17-12-16(10-11-20-17)19-21-18(13-22-19)15-8-6-14(4-2)7-9-15/h6-13H,3-5H2,1-2H3. The van der Waals surface area contributed by atoms with Crippen molar-refractivity contribution in [3.05, 3.63) is 59.2 Å². The molecule has 2 aromatic heterocycles. The lowest BCUT2D eigenvalue weighted by atomic mass is 10.1. The van der Waals surface area contributed by atoms with Crippen LogP contribution >= 0.6 is 11.3 Å². The summed E-state index contributed by atoms with van der Waals surface area (Å²) in [6.07, 6.45) is 5.09. The number of nitrogens with zero attached hydrogens (tertiary/aromatic N) is 2. The van der Waals surface area contributed by atoms with E-state index in [4.69, 9.17) is 4.98 Å². The summed E-state index contributed by atoms with van der Waals surface area (Å²) in [6, 6.07) is 12.9. The van der Waals surface area contributed by atoms with Gasteiger partial charge in [-0.05, 0) is 30.5 Å². The molecule has 0 aliphatic rings. The van der Waals surface area contributed by atoms with Gasteiger partial charge in [-0.2, -0.15) is 0 Å². The van der Waals surface area contributed by atoms with E-state index in [-0.39, 0.29) is 0 Å². The van der Waals surface area contributed by atoms with Gasteiger partial charge in [-0.15, -0.1) is 11.3 Å². The van der Waals surface area contributed by atoms with E-state index in [1.807, 2.05) is 12.3 Å². The lowest BCUT2D eigenvalue weighted by Gasteiger charge is -2.01. The maximum atomic E-state index is 4.80. The molecule has 3 heteroatoms. The van der Waals surface area contributed by atoms with Crippen LogP contribution < -0.4 is 0 Å². The smallest absolute Gasteiger partial charge is 0.124 e. The van der Waals surface area contributed by atoms with Crippen molar-refractivity contribution < 1.29 is 0 Å². The van der Waals surface area contributed by atoms with Gasteiger partial charge in [-0.1, -0.05) is 44.5 Å². The predicted octanol–water partition coefficient (Wildman–Crippen LogP) is 5.39. The van der Waals surface area contributed by atoms with Gasteiger partial charge in [0, 0.05) is 28.4 Å². The van der Waals surface area contributed by atoms with Gasteiger partial charge >= 0.3 is 0 Å². The van der Waals surface area contributed by atoms with E-state index in [0.29, 0.717) is 0 Å². The highest BCUT2D eigenvalue weighted by molar-refractivity contribution is 7.13. The minimum absolute atomic E-state index is 1.02. The van der Waals surface area contributed by atoms with Crippen LogP contribution in [-0.4, -0.2) is 9.97 Å². The minimum Gasteiger partial charge on any atom is -0.261 e. The number of benzene rings is 1. The molecule has 0 bridgehead atoms. The van der Waals surface area contributed by atoms with Crippen molar-refractivity contribution in [1.29, 1.82) is 0 Å². The molecular weight excluding hydrogens is 288 g/mol. The summed E-state index contributed by atoms with van der Waals surface area (Å²) in [6.45, 7) is 4.35. The second-order valence-electron chi connectivity index (χ2n) is 5.37. The minimum atomic E-state index is 1.02. The van der Waals surface area contributed by atoms with Crippen LogP contribution in [-0.2, 0) is 12.8 Å². The SMILES string of the molecule is CCCc1cc(-c2nc(-c3ccc(CC)cc3)cs2)ccn1. The van der Waals surface area contributed by atoms with Crippen molar-refractivity contribution in [2.24, 2.45) is 0 Å². The Morgan fingerprint density at radius 1 is 1.00 bits per heavy atom. The number of aryl methyl sites for hydroxylation is 2. The Bertz CT molecular complexity index is 744. The number of pyridine rings is 1. The van der Waals surface area contributed by atoms with E-state index in [2.05, 4.69) is 54.5 Å². The highest BCUT2D eigenvalue weighted by Crippen LogP contribution is 2.29. The van der Waals surface area contributed by atoms with Gasteiger partial charge in [0.25, 0.3) is 0 Å². The summed E-state index contributed by atoms with van der Waals surface area (Å²) < 4.78 is 0. The molecule has 2 nitrogen and oxygen atoms in total. The van der Waals surface area contributed by atoms with E-state index in [0.717, 1.165) is 35.7 Å². The Labute approximate surface area is 135 Å². The third-order valence-corrected chi connectivity index (χ3v) is 4.62. The fraction of sp³-hybridized carbons (Fsp3) is 0.263. The summed E-state index contributed by atoms with van der Waals surface area (Å²) in [4.78, 5) is 9.21. The fourth-order valence-corrected chi connectivity index (χ4v) is 3.28. The molecule has 0 aliphatic carbocycles. The van der Waals surface area contributed by atoms with E-state index < -0.39 is 0 Å². The molecule has 0 amide bonds. The molecular formula is C19H20N2S. The summed E-state index contributed by atoms with van der Waals surface area (Å²) in [5.74, 6) is 0. The molecule has 0 unspecified atom stereocenters. The second-order valence-corrected chi connectivity index (χ2v) is 6.23. The van der Waals surface area contributed by atoms with Crippen LogP contribution in [0.5, 0.6) is 0 Å². The normalized spacial score (nSPS) is 10.8. The molecule has 0 atom stereocenters. The summed E-state index contributed by atoms with van der Waals surface area (Å²) in [5, 5.41) is 3.20. The highest BCUT2D eigenvalue weighted by Gasteiger charge is 2.07. The summed E-state index contributed by atoms with van der Waals surface area (Å²) in [7, 11) is 0. The molecule has 0 saturated carbocycles. The number of hydrogen-bond acceptors (Lipinski definition) is 3. The molecule has 0 radical (unpaired) electrons. The number of hydrogen-bond donors (Lipinski definition) is 0. The van der Waals surface area contributed by atoms with Gasteiger partial charge in [0.05, 0.1) is 5.69 Å². The van der Waals surface area contributed by atoms with E-state index >= 15 is 0 Å². The van der Waals surface area contributed by atoms with Crippen molar-refractivity contribution in [1.82, 2.24) is 9.97 Å². The maximum absolute atomic E-state index is 4.80. The third kappa shape index (κ3) is 3.25. The van der Waals surface area contributed by atoms with Gasteiger partial charge in [-0.3, -0.25) is 4.98 Å². The Balaban J connectivity index is 1.88. The van der Waals surface area contributed by atoms with Crippen molar-refractivity contribution in [3.63, 3.8) is 0 Å². The molecule has 2 heterocycles.